The van der Waals surface area contributed by atoms with Gasteiger partial charge in [-0.1, -0.05) is 17.7 Å². The van der Waals surface area contributed by atoms with Gasteiger partial charge in [0, 0.05) is 5.02 Å². The largest absolute Gasteiger partial charge is 0.392 e. The Morgan fingerprint density at radius 1 is 1.50 bits per heavy atom. The molecular weight excluding hydrogens is 176 g/mol. The highest BCUT2D eigenvalue weighted by atomic mass is 35.5. The number of halogens is 1. The van der Waals surface area contributed by atoms with E-state index >= 15 is 0 Å². The van der Waals surface area contributed by atoms with Crippen molar-refractivity contribution in [2.75, 3.05) is 0 Å². The van der Waals surface area contributed by atoms with Crippen molar-refractivity contribution in [2.24, 2.45) is 0 Å². The van der Waals surface area contributed by atoms with Crippen molar-refractivity contribution in [2.45, 2.75) is 19.6 Å². The molecule has 0 aliphatic carbocycles. The molecule has 1 rings (SSSR count). The highest BCUT2D eigenvalue weighted by Gasteiger charge is 2.06. The molecule has 0 bridgehead atoms. The zero-order valence-electron chi connectivity index (χ0n) is 6.79. The molecule has 0 fully saturated rings. The number of benzene rings is 1. The minimum absolute atomic E-state index is 0.0964. The second-order valence-electron chi connectivity index (χ2n) is 2.68. The third-order valence-corrected chi connectivity index (χ3v) is 1.96. The van der Waals surface area contributed by atoms with E-state index in [-0.39, 0.29) is 6.61 Å². The Bertz CT molecular complexity index is 271. The molecular formula is C9H11ClO2. The van der Waals surface area contributed by atoms with E-state index in [1.165, 1.54) is 0 Å². The Kier molecular flexibility index (Phi) is 3.09. The third kappa shape index (κ3) is 1.97. The normalized spacial score (nSPS) is 13.0. The summed E-state index contributed by atoms with van der Waals surface area (Å²) in [6.45, 7) is 1.56. The van der Waals surface area contributed by atoms with Gasteiger partial charge >= 0.3 is 0 Å². The lowest BCUT2D eigenvalue weighted by Crippen LogP contribution is -1.97. The van der Waals surface area contributed by atoms with Crippen molar-refractivity contribution in [1.82, 2.24) is 0 Å². The third-order valence-electron chi connectivity index (χ3n) is 1.73. The van der Waals surface area contributed by atoms with Crippen LogP contribution >= 0.6 is 11.6 Å². The average molecular weight is 187 g/mol. The number of aliphatic hydroxyl groups is 2. The van der Waals surface area contributed by atoms with Crippen molar-refractivity contribution in [3.63, 3.8) is 0 Å². The molecule has 1 atom stereocenters. The monoisotopic (exact) mass is 186 g/mol. The van der Waals surface area contributed by atoms with Crippen LogP contribution in [-0.4, -0.2) is 10.2 Å². The maximum absolute atomic E-state index is 9.27. The first kappa shape index (κ1) is 9.52. The first-order chi connectivity index (χ1) is 5.65. The average Bonchev–Trinajstić information content (AvgIpc) is 2.03. The molecule has 0 saturated carbocycles. The van der Waals surface area contributed by atoms with E-state index in [4.69, 9.17) is 16.7 Å². The van der Waals surface area contributed by atoms with Crippen molar-refractivity contribution in [3.05, 3.63) is 34.3 Å². The number of aliphatic hydroxyl groups excluding tert-OH is 2. The highest BCUT2D eigenvalue weighted by Crippen LogP contribution is 2.21. The maximum Gasteiger partial charge on any atom is 0.0765 e. The summed E-state index contributed by atoms with van der Waals surface area (Å²) in [7, 11) is 0. The van der Waals surface area contributed by atoms with Crippen LogP contribution in [0.5, 0.6) is 0 Å². The van der Waals surface area contributed by atoms with Gasteiger partial charge in [-0.3, -0.25) is 0 Å². The Hall–Kier alpha value is -0.570. The second kappa shape index (κ2) is 3.90. The van der Waals surface area contributed by atoms with Crippen LogP contribution in [0.4, 0.5) is 0 Å². The van der Waals surface area contributed by atoms with Gasteiger partial charge < -0.3 is 10.2 Å². The van der Waals surface area contributed by atoms with Gasteiger partial charge in [0.2, 0.25) is 0 Å². The molecule has 0 aliphatic heterocycles. The van der Waals surface area contributed by atoms with Crippen molar-refractivity contribution in [1.29, 1.82) is 0 Å². The Morgan fingerprint density at radius 2 is 2.17 bits per heavy atom. The molecule has 0 saturated heterocycles. The van der Waals surface area contributed by atoms with Gasteiger partial charge in [0.25, 0.3) is 0 Å². The summed E-state index contributed by atoms with van der Waals surface area (Å²) < 4.78 is 0. The van der Waals surface area contributed by atoms with Gasteiger partial charge in [0.05, 0.1) is 12.7 Å². The fourth-order valence-corrected chi connectivity index (χ4v) is 1.31. The fraction of sp³-hybridized carbons (Fsp3) is 0.333. The smallest absolute Gasteiger partial charge is 0.0765 e. The molecule has 0 amide bonds. The molecule has 12 heavy (non-hydrogen) atoms. The lowest BCUT2D eigenvalue weighted by Gasteiger charge is -2.09. The summed E-state index contributed by atoms with van der Waals surface area (Å²) in [5, 5.41) is 18.8. The molecule has 2 N–H and O–H groups in total. The standard InChI is InChI=1S/C9H11ClO2/c1-6(12)9-3-2-8(10)4-7(9)5-11/h2-4,6,11-12H,5H2,1H3. The van der Waals surface area contributed by atoms with E-state index in [1.54, 1.807) is 25.1 Å². The molecule has 0 heterocycles. The number of hydrogen-bond acceptors (Lipinski definition) is 2. The minimum atomic E-state index is -0.565. The van der Waals surface area contributed by atoms with Crippen LogP contribution < -0.4 is 0 Å². The number of rotatable bonds is 2. The predicted octanol–water partition coefficient (Wildman–Crippen LogP) is 1.89. The van der Waals surface area contributed by atoms with Gasteiger partial charge in [-0.25, -0.2) is 0 Å². The molecule has 1 aromatic rings. The Morgan fingerprint density at radius 3 is 2.67 bits per heavy atom. The Balaban J connectivity index is 3.11. The Labute approximate surface area is 76.4 Å². The summed E-state index contributed by atoms with van der Waals surface area (Å²) in [4.78, 5) is 0. The van der Waals surface area contributed by atoms with Crippen molar-refractivity contribution >= 4 is 11.6 Å². The molecule has 2 nitrogen and oxygen atoms in total. The van der Waals surface area contributed by atoms with Gasteiger partial charge in [-0.15, -0.1) is 0 Å². The number of hydrogen-bond donors (Lipinski definition) is 2. The first-order valence-electron chi connectivity index (χ1n) is 3.72. The van der Waals surface area contributed by atoms with Gasteiger partial charge in [-0.2, -0.15) is 0 Å². The van der Waals surface area contributed by atoms with E-state index < -0.39 is 6.10 Å². The van der Waals surface area contributed by atoms with Crippen LogP contribution in [0.1, 0.15) is 24.2 Å². The SMILES string of the molecule is CC(O)c1ccc(Cl)cc1CO. The molecule has 0 spiro atoms. The molecule has 0 aromatic heterocycles. The predicted molar refractivity (Wildman–Crippen MR) is 48.0 cm³/mol. The van der Waals surface area contributed by atoms with Crippen LogP contribution in [0.3, 0.4) is 0 Å². The molecule has 3 heteroatoms. The van der Waals surface area contributed by atoms with E-state index in [0.717, 1.165) is 5.56 Å². The van der Waals surface area contributed by atoms with Crippen molar-refractivity contribution in [3.8, 4) is 0 Å². The first-order valence-corrected chi connectivity index (χ1v) is 4.10. The zero-order chi connectivity index (χ0) is 9.14. The van der Waals surface area contributed by atoms with Crippen LogP contribution in [0.2, 0.25) is 5.02 Å². The lowest BCUT2D eigenvalue weighted by molar-refractivity contribution is 0.193. The van der Waals surface area contributed by atoms with Gasteiger partial charge in [0.15, 0.2) is 0 Å². The van der Waals surface area contributed by atoms with E-state index in [1.807, 2.05) is 0 Å². The van der Waals surface area contributed by atoms with Crippen LogP contribution in [0.15, 0.2) is 18.2 Å². The lowest BCUT2D eigenvalue weighted by atomic mass is 10.0. The maximum atomic E-state index is 9.27. The topological polar surface area (TPSA) is 40.5 Å². The molecule has 0 aliphatic rings. The summed E-state index contributed by atoms with van der Waals surface area (Å²) in [6, 6.07) is 5.07. The summed E-state index contributed by atoms with van der Waals surface area (Å²) in [5.74, 6) is 0. The molecule has 1 aromatic carbocycles. The minimum Gasteiger partial charge on any atom is -0.392 e. The van der Waals surface area contributed by atoms with Crippen LogP contribution in [0.25, 0.3) is 0 Å². The fourth-order valence-electron chi connectivity index (χ4n) is 1.12. The van der Waals surface area contributed by atoms with Gasteiger partial charge in [0.1, 0.15) is 0 Å². The quantitative estimate of drug-likeness (QED) is 0.741. The summed E-state index contributed by atoms with van der Waals surface area (Å²) in [6.07, 6.45) is -0.565. The van der Waals surface area contributed by atoms with Gasteiger partial charge in [-0.05, 0) is 30.2 Å². The molecule has 1 unspecified atom stereocenters. The highest BCUT2D eigenvalue weighted by molar-refractivity contribution is 6.30. The molecule has 66 valence electrons. The summed E-state index contributed by atoms with van der Waals surface area (Å²) >= 11 is 5.71. The van der Waals surface area contributed by atoms with Crippen molar-refractivity contribution < 1.29 is 10.2 Å². The zero-order valence-corrected chi connectivity index (χ0v) is 7.54. The summed E-state index contributed by atoms with van der Waals surface area (Å²) in [5.41, 5.74) is 1.40. The van der Waals surface area contributed by atoms with Crippen LogP contribution in [-0.2, 0) is 6.61 Å². The molecule has 0 radical (unpaired) electrons. The van der Waals surface area contributed by atoms with E-state index in [2.05, 4.69) is 0 Å². The van der Waals surface area contributed by atoms with E-state index in [0.29, 0.717) is 10.6 Å². The van der Waals surface area contributed by atoms with Crippen LogP contribution in [0, 0.1) is 0 Å². The van der Waals surface area contributed by atoms with E-state index in [9.17, 15) is 5.11 Å². The second-order valence-corrected chi connectivity index (χ2v) is 3.11.